The Balaban J connectivity index is 2.07. The molecule has 0 aromatic heterocycles. The van der Waals surface area contributed by atoms with Crippen LogP contribution in [-0.4, -0.2) is 28.9 Å². The summed E-state index contributed by atoms with van der Waals surface area (Å²) in [4.78, 5) is 34.1. The van der Waals surface area contributed by atoms with Crippen molar-refractivity contribution in [3.8, 4) is 0 Å². The first-order valence-corrected chi connectivity index (χ1v) is 5.95. The summed E-state index contributed by atoms with van der Waals surface area (Å²) in [6.45, 7) is 0. The van der Waals surface area contributed by atoms with Crippen LogP contribution in [0.25, 0.3) is 0 Å². The SMILES string of the molecule is O=C1CC[C@H](C(=O)N[C@H](C(=O)O)c2ccccc2)N1. The van der Waals surface area contributed by atoms with E-state index in [1.165, 1.54) is 0 Å². The van der Waals surface area contributed by atoms with Crippen LogP contribution in [0.5, 0.6) is 0 Å². The topological polar surface area (TPSA) is 95.5 Å². The summed E-state index contributed by atoms with van der Waals surface area (Å²) in [7, 11) is 0. The third-order valence-corrected chi connectivity index (χ3v) is 2.98. The van der Waals surface area contributed by atoms with Gasteiger partial charge in [0, 0.05) is 6.42 Å². The number of hydrogen-bond donors (Lipinski definition) is 3. The van der Waals surface area contributed by atoms with E-state index in [0.29, 0.717) is 18.4 Å². The van der Waals surface area contributed by atoms with Crippen molar-refractivity contribution in [3.05, 3.63) is 35.9 Å². The Kier molecular flexibility index (Phi) is 3.79. The van der Waals surface area contributed by atoms with Gasteiger partial charge in [0.1, 0.15) is 6.04 Å². The van der Waals surface area contributed by atoms with E-state index in [2.05, 4.69) is 10.6 Å². The fourth-order valence-electron chi connectivity index (χ4n) is 1.99. The zero-order valence-corrected chi connectivity index (χ0v) is 10.1. The lowest BCUT2D eigenvalue weighted by atomic mass is 10.1. The monoisotopic (exact) mass is 262 g/mol. The molecule has 1 aliphatic rings. The molecular formula is C13H14N2O4. The quantitative estimate of drug-likeness (QED) is 0.722. The fourth-order valence-corrected chi connectivity index (χ4v) is 1.99. The summed E-state index contributed by atoms with van der Waals surface area (Å²) in [6, 6.07) is 6.69. The Morgan fingerprint density at radius 1 is 1.32 bits per heavy atom. The summed E-state index contributed by atoms with van der Waals surface area (Å²) < 4.78 is 0. The Bertz CT molecular complexity index is 501. The smallest absolute Gasteiger partial charge is 0.330 e. The number of carboxylic acid groups (broad SMARTS) is 1. The third-order valence-electron chi connectivity index (χ3n) is 2.98. The maximum absolute atomic E-state index is 11.9. The maximum atomic E-state index is 11.9. The van der Waals surface area contributed by atoms with Gasteiger partial charge < -0.3 is 15.7 Å². The molecule has 1 aliphatic heterocycles. The van der Waals surface area contributed by atoms with Crippen LogP contribution in [0.15, 0.2) is 30.3 Å². The van der Waals surface area contributed by atoms with Crippen molar-refractivity contribution < 1.29 is 19.5 Å². The van der Waals surface area contributed by atoms with Crippen LogP contribution >= 0.6 is 0 Å². The second kappa shape index (κ2) is 5.51. The zero-order chi connectivity index (χ0) is 13.8. The number of nitrogens with one attached hydrogen (secondary N) is 2. The molecule has 1 aromatic rings. The molecule has 0 saturated carbocycles. The number of rotatable bonds is 4. The molecule has 100 valence electrons. The summed E-state index contributed by atoms with van der Waals surface area (Å²) in [5.74, 6) is -1.79. The number of carbonyl (C=O) groups is 3. The lowest BCUT2D eigenvalue weighted by Gasteiger charge is -2.17. The second-order valence-corrected chi connectivity index (χ2v) is 4.35. The molecule has 0 radical (unpaired) electrons. The Hall–Kier alpha value is -2.37. The van der Waals surface area contributed by atoms with Crippen molar-refractivity contribution in [2.24, 2.45) is 0 Å². The van der Waals surface area contributed by atoms with Gasteiger partial charge in [-0.25, -0.2) is 4.79 Å². The molecule has 0 aliphatic carbocycles. The summed E-state index contributed by atoms with van der Waals surface area (Å²) >= 11 is 0. The number of benzene rings is 1. The van der Waals surface area contributed by atoms with Crippen molar-refractivity contribution in [3.63, 3.8) is 0 Å². The van der Waals surface area contributed by atoms with Gasteiger partial charge in [0.15, 0.2) is 6.04 Å². The molecule has 6 nitrogen and oxygen atoms in total. The van der Waals surface area contributed by atoms with Crippen LogP contribution in [0, 0.1) is 0 Å². The minimum Gasteiger partial charge on any atom is -0.479 e. The highest BCUT2D eigenvalue weighted by atomic mass is 16.4. The summed E-state index contributed by atoms with van der Waals surface area (Å²) in [6.07, 6.45) is 0.687. The largest absolute Gasteiger partial charge is 0.479 e. The second-order valence-electron chi connectivity index (χ2n) is 4.35. The highest BCUT2D eigenvalue weighted by Crippen LogP contribution is 2.14. The first-order chi connectivity index (χ1) is 9.08. The predicted molar refractivity (Wildman–Crippen MR) is 66.1 cm³/mol. The van der Waals surface area contributed by atoms with Crippen molar-refractivity contribution in [2.75, 3.05) is 0 Å². The van der Waals surface area contributed by atoms with E-state index in [-0.39, 0.29) is 5.91 Å². The lowest BCUT2D eigenvalue weighted by molar-refractivity contribution is -0.142. The van der Waals surface area contributed by atoms with Crippen LogP contribution in [0.1, 0.15) is 24.4 Å². The molecule has 1 aromatic carbocycles. The van der Waals surface area contributed by atoms with Crippen molar-refractivity contribution in [1.29, 1.82) is 0 Å². The van der Waals surface area contributed by atoms with Crippen LogP contribution in [0.3, 0.4) is 0 Å². The number of amides is 2. The maximum Gasteiger partial charge on any atom is 0.330 e. The van der Waals surface area contributed by atoms with Crippen LogP contribution in [0.2, 0.25) is 0 Å². The molecule has 3 N–H and O–H groups in total. The van der Waals surface area contributed by atoms with E-state index in [1.54, 1.807) is 30.3 Å². The van der Waals surface area contributed by atoms with E-state index in [4.69, 9.17) is 5.11 Å². The van der Waals surface area contributed by atoms with Gasteiger partial charge in [-0.15, -0.1) is 0 Å². The van der Waals surface area contributed by atoms with Gasteiger partial charge in [-0.05, 0) is 12.0 Å². The van der Waals surface area contributed by atoms with Gasteiger partial charge in [-0.1, -0.05) is 30.3 Å². The average molecular weight is 262 g/mol. The number of carbonyl (C=O) groups excluding carboxylic acids is 2. The molecule has 2 rings (SSSR count). The molecule has 0 unspecified atom stereocenters. The third kappa shape index (κ3) is 3.09. The minimum absolute atomic E-state index is 0.188. The molecule has 2 amide bonds. The van der Waals surface area contributed by atoms with Gasteiger partial charge in [0.2, 0.25) is 11.8 Å². The average Bonchev–Trinajstić information content (AvgIpc) is 2.83. The molecular weight excluding hydrogens is 248 g/mol. The number of hydrogen-bond acceptors (Lipinski definition) is 3. The Labute approximate surface area is 109 Å². The predicted octanol–water partition coefficient (Wildman–Crippen LogP) is 0.207. The highest BCUT2D eigenvalue weighted by Gasteiger charge is 2.30. The molecule has 0 spiro atoms. The molecule has 1 fully saturated rings. The van der Waals surface area contributed by atoms with Gasteiger partial charge >= 0.3 is 5.97 Å². The van der Waals surface area contributed by atoms with E-state index in [1.807, 2.05) is 0 Å². The lowest BCUT2D eigenvalue weighted by Crippen LogP contribution is -2.44. The fraction of sp³-hybridized carbons (Fsp3) is 0.308. The van der Waals surface area contributed by atoms with Crippen molar-refractivity contribution >= 4 is 17.8 Å². The standard InChI is InChI=1S/C13H14N2O4/c16-10-7-6-9(14-10)12(17)15-11(13(18)19)8-4-2-1-3-5-8/h1-5,9,11H,6-7H2,(H,14,16)(H,15,17)(H,18,19)/t9-,11+/m1/s1. The Morgan fingerprint density at radius 2 is 2.00 bits per heavy atom. The van der Waals surface area contributed by atoms with Gasteiger partial charge in [0.25, 0.3) is 0 Å². The summed E-state index contributed by atoms with van der Waals surface area (Å²) in [5.41, 5.74) is 0.493. The molecule has 6 heteroatoms. The van der Waals surface area contributed by atoms with Crippen LogP contribution in [-0.2, 0) is 14.4 Å². The van der Waals surface area contributed by atoms with E-state index >= 15 is 0 Å². The first kappa shape index (κ1) is 13.1. The van der Waals surface area contributed by atoms with Crippen LogP contribution < -0.4 is 10.6 Å². The Morgan fingerprint density at radius 3 is 2.53 bits per heavy atom. The molecule has 0 bridgehead atoms. The summed E-state index contributed by atoms with van der Waals surface area (Å²) in [5, 5.41) is 14.1. The molecule has 1 saturated heterocycles. The van der Waals surface area contributed by atoms with Crippen molar-refractivity contribution in [1.82, 2.24) is 10.6 Å². The van der Waals surface area contributed by atoms with Gasteiger partial charge in [-0.2, -0.15) is 0 Å². The van der Waals surface area contributed by atoms with Gasteiger partial charge in [-0.3, -0.25) is 9.59 Å². The molecule has 1 heterocycles. The number of carboxylic acids is 1. The normalized spacial score (nSPS) is 19.6. The van der Waals surface area contributed by atoms with E-state index in [0.717, 1.165) is 0 Å². The van der Waals surface area contributed by atoms with Crippen molar-refractivity contribution in [2.45, 2.75) is 24.9 Å². The molecule has 19 heavy (non-hydrogen) atoms. The highest BCUT2D eigenvalue weighted by molar-refractivity contribution is 5.93. The first-order valence-electron chi connectivity index (χ1n) is 5.95. The molecule has 2 atom stereocenters. The van der Waals surface area contributed by atoms with E-state index in [9.17, 15) is 14.4 Å². The number of aliphatic carboxylic acids is 1. The van der Waals surface area contributed by atoms with Crippen LogP contribution in [0.4, 0.5) is 0 Å². The zero-order valence-electron chi connectivity index (χ0n) is 10.1. The van der Waals surface area contributed by atoms with E-state index < -0.39 is 24.0 Å². The minimum atomic E-state index is -1.14. The van der Waals surface area contributed by atoms with Gasteiger partial charge in [0.05, 0.1) is 0 Å².